The molecule has 0 saturated carbocycles. The molecule has 0 spiro atoms. The van der Waals surface area contributed by atoms with E-state index in [0.29, 0.717) is 6.07 Å². The number of rotatable bonds is 3. The average Bonchev–Trinajstić information content (AvgIpc) is 2.05. The third kappa shape index (κ3) is 4.85. The number of nitrogens with zero attached hydrogens (tertiary/aromatic N) is 1. The molecule has 16 heavy (non-hydrogen) atoms. The molecular weight excluding hydrogens is 248 g/mol. The van der Waals surface area contributed by atoms with E-state index < -0.39 is 18.3 Å². The van der Waals surface area contributed by atoms with Crippen LogP contribution in [0.15, 0.2) is 18.2 Å². The fraction of sp³-hybridized carbons (Fsp3) is 0.333. The van der Waals surface area contributed by atoms with Gasteiger partial charge in [0.2, 0.25) is 0 Å². The molecule has 84 valence electrons. The molecule has 0 fully saturated rings. The van der Waals surface area contributed by atoms with E-state index in [0.717, 1.165) is 6.07 Å². The van der Waals surface area contributed by atoms with E-state index in [2.05, 4.69) is 0 Å². The molecule has 0 amide bonds. The van der Waals surface area contributed by atoms with Crippen LogP contribution in [0.5, 0.6) is 0 Å². The number of benzene rings is 1. The van der Waals surface area contributed by atoms with E-state index in [4.69, 9.17) is 0 Å². The van der Waals surface area contributed by atoms with Crippen LogP contribution in [0.25, 0.3) is 0 Å². The molecule has 0 saturated heterocycles. The van der Waals surface area contributed by atoms with Crippen molar-refractivity contribution < 1.29 is 68.7 Å². The molecular formula is C9H11BF4KN. The molecule has 1 rings (SSSR count). The van der Waals surface area contributed by atoms with Crippen LogP contribution in [0, 0.1) is 5.82 Å². The van der Waals surface area contributed by atoms with Crippen LogP contribution in [0.4, 0.5) is 17.3 Å². The Morgan fingerprint density at radius 3 is 2.12 bits per heavy atom. The van der Waals surface area contributed by atoms with Gasteiger partial charge in [0.05, 0.1) is 0 Å². The van der Waals surface area contributed by atoms with E-state index in [1.54, 1.807) is 19.0 Å². The normalized spacial score (nSPS) is 11.4. The summed E-state index contributed by atoms with van der Waals surface area (Å²) in [6.45, 7) is -4.83. The average molecular weight is 259 g/mol. The monoisotopic (exact) mass is 259 g/mol. The van der Waals surface area contributed by atoms with Gasteiger partial charge >= 0.3 is 58.4 Å². The van der Waals surface area contributed by atoms with Gasteiger partial charge in [0.1, 0.15) is 5.82 Å². The van der Waals surface area contributed by atoms with E-state index in [1.807, 2.05) is 0 Å². The molecule has 0 atom stereocenters. The SMILES string of the molecule is CN(C)Cc1ccc([B-](F)(F)F)cc1F.[K+]. The van der Waals surface area contributed by atoms with Crippen molar-refractivity contribution >= 4 is 12.4 Å². The molecule has 1 nitrogen and oxygen atoms in total. The quantitative estimate of drug-likeness (QED) is 0.494. The van der Waals surface area contributed by atoms with Crippen LogP contribution >= 0.6 is 0 Å². The number of halogens is 4. The first kappa shape index (κ1) is 16.6. The second-order valence-electron chi connectivity index (χ2n) is 3.66. The molecule has 0 radical (unpaired) electrons. The summed E-state index contributed by atoms with van der Waals surface area (Å²) in [4.78, 5) is 1.69. The Labute approximate surface area is 135 Å². The van der Waals surface area contributed by atoms with Crippen molar-refractivity contribution in [2.24, 2.45) is 0 Å². The molecule has 0 N–H and O–H groups in total. The molecule has 7 heteroatoms. The minimum Gasteiger partial charge on any atom is -0.445 e. The largest absolute Gasteiger partial charge is 1.00 e. The fourth-order valence-corrected chi connectivity index (χ4v) is 1.24. The van der Waals surface area contributed by atoms with Gasteiger partial charge in [-0.1, -0.05) is 18.2 Å². The topological polar surface area (TPSA) is 3.24 Å². The van der Waals surface area contributed by atoms with Crippen LogP contribution < -0.4 is 56.8 Å². The first-order valence-corrected chi connectivity index (χ1v) is 4.43. The summed E-state index contributed by atoms with van der Waals surface area (Å²) in [5.41, 5.74) is -0.626. The van der Waals surface area contributed by atoms with Crippen LogP contribution in [0.3, 0.4) is 0 Å². The summed E-state index contributed by atoms with van der Waals surface area (Å²) in [6, 6.07) is 2.65. The van der Waals surface area contributed by atoms with Crippen molar-refractivity contribution in [3.05, 3.63) is 29.6 Å². The number of hydrogen-bond acceptors (Lipinski definition) is 1. The maximum Gasteiger partial charge on any atom is 1.00 e. The third-order valence-electron chi connectivity index (χ3n) is 1.94. The van der Waals surface area contributed by atoms with Crippen LogP contribution in [0.1, 0.15) is 5.56 Å². The van der Waals surface area contributed by atoms with Gasteiger partial charge in [-0.3, -0.25) is 0 Å². The maximum atomic E-state index is 13.2. The molecule has 1 aromatic rings. The Balaban J connectivity index is 0.00000225. The van der Waals surface area contributed by atoms with Crippen molar-refractivity contribution in [2.75, 3.05) is 14.1 Å². The first-order chi connectivity index (χ1) is 6.80. The Morgan fingerprint density at radius 1 is 1.19 bits per heavy atom. The van der Waals surface area contributed by atoms with E-state index in [-0.39, 0.29) is 63.5 Å². The van der Waals surface area contributed by atoms with Gasteiger partial charge in [-0.25, -0.2) is 4.39 Å². The van der Waals surface area contributed by atoms with Crippen molar-refractivity contribution in [1.82, 2.24) is 4.90 Å². The molecule has 1 aromatic carbocycles. The standard InChI is InChI=1S/C9H11BF4N.K/c1-15(2)6-7-3-4-8(5-9(7)11)10(12,13)14;/h3-5H,6H2,1-2H3;/q-1;+1. The van der Waals surface area contributed by atoms with Gasteiger partial charge in [-0.15, -0.1) is 5.46 Å². The van der Waals surface area contributed by atoms with Gasteiger partial charge in [0.25, 0.3) is 0 Å². The zero-order valence-corrected chi connectivity index (χ0v) is 12.6. The van der Waals surface area contributed by atoms with Crippen molar-refractivity contribution in [3.8, 4) is 0 Å². The van der Waals surface area contributed by atoms with Crippen LogP contribution in [-0.4, -0.2) is 26.0 Å². The Kier molecular flexibility index (Phi) is 6.76. The van der Waals surface area contributed by atoms with Crippen LogP contribution in [-0.2, 0) is 6.54 Å². The minimum atomic E-state index is -5.12. The predicted octanol–water partition coefficient (Wildman–Crippen LogP) is -1.05. The zero-order valence-electron chi connectivity index (χ0n) is 9.48. The molecule has 0 aliphatic carbocycles. The summed E-state index contributed by atoms with van der Waals surface area (Å²) in [5.74, 6) is -0.805. The second-order valence-corrected chi connectivity index (χ2v) is 3.66. The predicted molar refractivity (Wildman–Crippen MR) is 52.5 cm³/mol. The minimum absolute atomic E-state index is 0. The number of hydrogen-bond donors (Lipinski definition) is 0. The van der Waals surface area contributed by atoms with Crippen molar-refractivity contribution in [3.63, 3.8) is 0 Å². The second kappa shape index (κ2) is 6.51. The van der Waals surface area contributed by atoms with Crippen LogP contribution in [0.2, 0.25) is 0 Å². The third-order valence-corrected chi connectivity index (χ3v) is 1.94. The molecule has 0 aliphatic rings. The van der Waals surface area contributed by atoms with Gasteiger partial charge in [0.15, 0.2) is 0 Å². The summed E-state index contributed by atoms with van der Waals surface area (Å²) < 4.78 is 50.0. The summed E-state index contributed by atoms with van der Waals surface area (Å²) in [7, 11) is 3.45. The van der Waals surface area contributed by atoms with E-state index in [1.165, 1.54) is 6.07 Å². The zero-order chi connectivity index (χ0) is 11.6. The molecule has 0 bridgehead atoms. The molecule has 0 unspecified atom stereocenters. The van der Waals surface area contributed by atoms with Crippen molar-refractivity contribution in [2.45, 2.75) is 6.54 Å². The smallest absolute Gasteiger partial charge is 0.445 e. The first-order valence-electron chi connectivity index (χ1n) is 4.43. The molecule has 0 heterocycles. The van der Waals surface area contributed by atoms with E-state index in [9.17, 15) is 17.3 Å². The Morgan fingerprint density at radius 2 is 1.75 bits per heavy atom. The molecule has 0 aliphatic heterocycles. The van der Waals surface area contributed by atoms with Crippen molar-refractivity contribution in [1.29, 1.82) is 0 Å². The molecule has 0 aromatic heterocycles. The summed E-state index contributed by atoms with van der Waals surface area (Å²) in [6.07, 6.45) is 0. The Bertz CT molecular complexity index is 354. The van der Waals surface area contributed by atoms with Gasteiger partial charge in [0, 0.05) is 12.1 Å². The van der Waals surface area contributed by atoms with Gasteiger partial charge in [-0.05, 0) is 14.1 Å². The maximum absolute atomic E-state index is 13.2. The Hall–Kier alpha value is 0.601. The summed E-state index contributed by atoms with van der Waals surface area (Å²) in [5, 5.41) is 0. The van der Waals surface area contributed by atoms with E-state index >= 15 is 0 Å². The van der Waals surface area contributed by atoms with Gasteiger partial charge in [-0.2, -0.15) is 0 Å². The van der Waals surface area contributed by atoms with Gasteiger partial charge < -0.3 is 17.8 Å². The summed E-state index contributed by atoms with van der Waals surface area (Å²) >= 11 is 0. The fourth-order valence-electron chi connectivity index (χ4n) is 1.24.